The van der Waals surface area contributed by atoms with E-state index in [0.29, 0.717) is 28.3 Å². The van der Waals surface area contributed by atoms with E-state index in [-0.39, 0.29) is 34.9 Å². The number of phenolic OH excluding ortho intramolecular Hbond substituents is 1. The summed E-state index contributed by atoms with van der Waals surface area (Å²) < 4.78 is 26.2. The number of carbonyl (C=O) groups is 1. The summed E-state index contributed by atoms with van der Waals surface area (Å²) in [5.41, 5.74) is 1.79. The Labute approximate surface area is 243 Å². The molecule has 0 fully saturated rings. The standard InChI is InChI=1S/C29H44ClN5O4S/c1-5-6-7-8-9-10-11-12-13-14-18-40(38,39)19-17-24(37)31-21-15-16-22(23(36)20-21)27-32-28-25(30)26(29(2,3)4)33-35(28)34-27/h15-16,20,33,36H,5-14,17-19H2,1-4H3,(H,31,37). The molecular formula is C29H44ClN5O4S. The number of hydrogen-bond acceptors (Lipinski definition) is 6. The molecule has 2 aromatic heterocycles. The summed E-state index contributed by atoms with van der Waals surface area (Å²) in [6.45, 7) is 8.29. The summed E-state index contributed by atoms with van der Waals surface area (Å²) in [5, 5.41) is 21.2. The molecule has 222 valence electrons. The van der Waals surface area contributed by atoms with Gasteiger partial charge in [-0.3, -0.25) is 9.89 Å². The maximum absolute atomic E-state index is 12.4. The SMILES string of the molecule is CCCCCCCCCCCCS(=O)(=O)CCC(=O)Nc1ccc(-c2nc3c(Cl)c(C(C)(C)C)[nH]n3n2)c(O)c1. The summed E-state index contributed by atoms with van der Waals surface area (Å²) in [7, 11) is -3.29. The van der Waals surface area contributed by atoms with Gasteiger partial charge < -0.3 is 10.4 Å². The van der Waals surface area contributed by atoms with Gasteiger partial charge in [-0.25, -0.2) is 13.4 Å². The van der Waals surface area contributed by atoms with Crippen molar-refractivity contribution in [2.75, 3.05) is 16.8 Å². The molecule has 0 unspecified atom stereocenters. The monoisotopic (exact) mass is 593 g/mol. The highest BCUT2D eigenvalue weighted by Crippen LogP contribution is 2.34. The van der Waals surface area contributed by atoms with Crippen molar-refractivity contribution in [3.8, 4) is 17.1 Å². The Hall–Kier alpha value is -2.59. The van der Waals surface area contributed by atoms with E-state index in [1.165, 1.54) is 49.2 Å². The first-order valence-electron chi connectivity index (χ1n) is 14.4. The van der Waals surface area contributed by atoms with Gasteiger partial charge in [0, 0.05) is 23.6 Å². The van der Waals surface area contributed by atoms with Gasteiger partial charge in [-0.2, -0.15) is 4.63 Å². The predicted octanol–water partition coefficient (Wildman–Crippen LogP) is 7.05. The number of rotatable bonds is 16. The number of aromatic nitrogens is 4. The molecule has 3 N–H and O–H groups in total. The Bertz CT molecular complexity index is 1370. The van der Waals surface area contributed by atoms with Crippen molar-refractivity contribution in [3.05, 3.63) is 28.9 Å². The Balaban J connectivity index is 1.44. The van der Waals surface area contributed by atoms with E-state index < -0.39 is 15.7 Å². The van der Waals surface area contributed by atoms with Crippen LogP contribution in [0, 0.1) is 0 Å². The molecule has 40 heavy (non-hydrogen) atoms. The number of halogens is 1. The van der Waals surface area contributed by atoms with Crippen molar-refractivity contribution >= 4 is 38.7 Å². The molecule has 11 heteroatoms. The number of aromatic amines is 1. The van der Waals surface area contributed by atoms with E-state index in [1.807, 2.05) is 20.8 Å². The highest BCUT2D eigenvalue weighted by molar-refractivity contribution is 7.91. The number of anilines is 1. The lowest BCUT2D eigenvalue weighted by Crippen LogP contribution is -2.19. The summed E-state index contributed by atoms with van der Waals surface area (Å²) >= 11 is 6.49. The van der Waals surface area contributed by atoms with Crippen LogP contribution in [0.2, 0.25) is 5.02 Å². The van der Waals surface area contributed by atoms with Crippen LogP contribution < -0.4 is 5.32 Å². The fourth-order valence-corrected chi connectivity index (χ4v) is 6.38. The topological polar surface area (TPSA) is 129 Å². The van der Waals surface area contributed by atoms with Gasteiger partial charge in [-0.1, -0.05) is 97.1 Å². The number of nitrogens with one attached hydrogen (secondary N) is 2. The summed E-state index contributed by atoms with van der Waals surface area (Å²) in [5.74, 6) is -0.343. The quantitative estimate of drug-likeness (QED) is 0.153. The first-order valence-corrected chi connectivity index (χ1v) is 16.6. The molecule has 0 bridgehead atoms. The number of fused-ring (bicyclic) bond motifs is 1. The molecule has 0 spiro atoms. The third-order valence-corrected chi connectivity index (χ3v) is 9.06. The number of sulfone groups is 1. The first-order chi connectivity index (χ1) is 18.9. The molecule has 0 saturated carbocycles. The van der Waals surface area contributed by atoms with E-state index in [9.17, 15) is 18.3 Å². The van der Waals surface area contributed by atoms with Crippen LogP contribution in [0.5, 0.6) is 5.75 Å². The molecular weight excluding hydrogens is 550 g/mol. The highest BCUT2D eigenvalue weighted by atomic mass is 35.5. The van der Waals surface area contributed by atoms with E-state index in [2.05, 4.69) is 27.4 Å². The maximum Gasteiger partial charge on any atom is 0.225 e. The van der Waals surface area contributed by atoms with Crippen LogP contribution in [0.15, 0.2) is 18.2 Å². The number of amides is 1. The molecule has 0 aliphatic heterocycles. The number of hydrogen-bond donors (Lipinski definition) is 3. The van der Waals surface area contributed by atoms with E-state index in [0.717, 1.165) is 25.0 Å². The van der Waals surface area contributed by atoms with Gasteiger partial charge >= 0.3 is 0 Å². The number of phenols is 1. The average Bonchev–Trinajstić information content (AvgIpc) is 3.43. The minimum atomic E-state index is -3.29. The van der Waals surface area contributed by atoms with E-state index >= 15 is 0 Å². The zero-order chi connectivity index (χ0) is 29.3. The molecule has 0 radical (unpaired) electrons. The summed E-state index contributed by atoms with van der Waals surface area (Å²) in [4.78, 5) is 16.9. The van der Waals surface area contributed by atoms with Crippen molar-refractivity contribution in [1.82, 2.24) is 19.8 Å². The van der Waals surface area contributed by atoms with Crippen LogP contribution in [-0.2, 0) is 20.0 Å². The largest absolute Gasteiger partial charge is 0.507 e. The first kappa shape index (κ1) is 31.9. The van der Waals surface area contributed by atoms with Crippen molar-refractivity contribution < 1.29 is 18.3 Å². The maximum atomic E-state index is 12.4. The third kappa shape index (κ3) is 9.23. The van der Waals surface area contributed by atoms with Crippen molar-refractivity contribution in [1.29, 1.82) is 0 Å². The van der Waals surface area contributed by atoms with Crippen LogP contribution in [0.25, 0.3) is 17.0 Å². The van der Waals surface area contributed by atoms with Crippen LogP contribution in [-0.4, -0.2) is 50.7 Å². The number of carbonyl (C=O) groups excluding carboxylic acids is 1. The zero-order valence-corrected chi connectivity index (χ0v) is 25.8. The predicted molar refractivity (Wildman–Crippen MR) is 162 cm³/mol. The molecule has 3 aromatic rings. The molecule has 0 aliphatic rings. The lowest BCUT2D eigenvalue weighted by atomic mass is 9.92. The van der Waals surface area contributed by atoms with Gasteiger partial charge in [0.2, 0.25) is 5.91 Å². The van der Waals surface area contributed by atoms with E-state index in [4.69, 9.17) is 11.6 Å². The molecule has 2 heterocycles. The molecule has 0 saturated heterocycles. The number of nitrogens with zero attached hydrogens (tertiary/aromatic N) is 3. The van der Waals surface area contributed by atoms with Crippen LogP contribution in [0.3, 0.4) is 0 Å². The van der Waals surface area contributed by atoms with Gasteiger partial charge in [-0.05, 0) is 18.6 Å². The van der Waals surface area contributed by atoms with Gasteiger partial charge in [0.1, 0.15) is 10.8 Å². The molecule has 1 amide bonds. The van der Waals surface area contributed by atoms with Crippen LogP contribution in [0.4, 0.5) is 5.69 Å². The fourth-order valence-electron chi connectivity index (χ4n) is 4.59. The van der Waals surface area contributed by atoms with Gasteiger partial charge in [0.15, 0.2) is 21.3 Å². The Morgan fingerprint density at radius 3 is 2.23 bits per heavy atom. The second-order valence-corrected chi connectivity index (χ2v) is 14.3. The third-order valence-electron chi connectivity index (χ3n) is 6.96. The minimum Gasteiger partial charge on any atom is -0.507 e. The summed E-state index contributed by atoms with van der Waals surface area (Å²) in [6.07, 6.45) is 11.2. The number of unbranched alkanes of at least 4 members (excludes halogenated alkanes) is 9. The average molecular weight is 594 g/mol. The van der Waals surface area contributed by atoms with Crippen molar-refractivity contribution in [3.63, 3.8) is 0 Å². The normalized spacial score (nSPS) is 12.3. The van der Waals surface area contributed by atoms with Crippen molar-refractivity contribution in [2.45, 2.75) is 104 Å². The number of aromatic hydroxyl groups is 1. The smallest absolute Gasteiger partial charge is 0.225 e. The number of benzene rings is 1. The summed E-state index contributed by atoms with van der Waals surface area (Å²) in [6, 6.07) is 4.60. The molecule has 3 rings (SSSR count). The van der Waals surface area contributed by atoms with Crippen LogP contribution >= 0.6 is 11.6 Å². The second-order valence-electron chi connectivity index (χ2n) is 11.6. The lowest BCUT2D eigenvalue weighted by molar-refractivity contribution is -0.115. The Morgan fingerprint density at radius 2 is 1.65 bits per heavy atom. The Morgan fingerprint density at radius 1 is 1.02 bits per heavy atom. The molecule has 0 aliphatic carbocycles. The van der Waals surface area contributed by atoms with Gasteiger partial charge in [0.25, 0.3) is 0 Å². The Kier molecular flexibility index (Phi) is 11.5. The van der Waals surface area contributed by atoms with Crippen LogP contribution in [0.1, 0.15) is 104 Å². The highest BCUT2D eigenvalue weighted by Gasteiger charge is 2.25. The lowest BCUT2D eigenvalue weighted by Gasteiger charge is -2.16. The minimum absolute atomic E-state index is 0.110. The fraction of sp³-hybridized carbons (Fsp3) is 0.621. The molecule has 9 nitrogen and oxygen atoms in total. The molecule has 1 aromatic carbocycles. The van der Waals surface area contributed by atoms with E-state index in [1.54, 1.807) is 12.1 Å². The zero-order valence-electron chi connectivity index (χ0n) is 24.2. The van der Waals surface area contributed by atoms with Crippen molar-refractivity contribution in [2.24, 2.45) is 0 Å². The second kappa shape index (κ2) is 14.3. The van der Waals surface area contributed by atoms with Gasteiger partial charge in [0.05, 0.1) is 22.8 Å². The number of H-pyrrole nitrogens is 1. The van der Waals surface area contributed by atoms with Gasteiger partial charge in [-0.15, -0.1) is 5.10 Å². The molecule has 0 atom stereocenters.